The summed E-state index contributed by atoms with van der Waals surface area (Å²) in [6, 6.07) is 26.9. The molecule has 0 aromatic heterocycles. The van der Waals surface area contributed by atoms with Crippen molar-refractivity contribution >= 4 is 36.2 Å². The summed E-state index contributed by atoms with van der Waals surface area (Å²) in [5.41, 5.74) is 5.88. The van der Waals surface area contributed by atoms with E-state index in [0.717, 1.165) is 11.1 Å². The molecule has 3 aromatic carbocycles. The largest absolute Gasteiger partial charge is 0.271 e. The van der Waals surface area contributed by atoms with E-state index in [-0.39, 0.29) is 5.91 Å². The predicted molar refractivity (Wildman–Crippen MR) is 122 cm³/mol. The number of amides is 1. The van der Waals surface area contributed by atoms with Crippen LogP contribution in [0.2, 0.25) is 0 Å². The first-order valence-electron chi connectivity index (χ1n) is 9.22. The van der Waals surface area contributed by atoms with E-state index >= 15 is 0 Å². The Morgan fingerprint density at radius 1 is 0.724 bits per heavy atom. The number of rotatable bonds is 7. The number of nitrogens with zero attached hydrogens (tertiary/aromatic N) is 2. The summed E-state index contributed by atoms with van der Waals surface area (Å²) in [6.07, 6.45) is 10.8. The first kappa shape index (κ1) is 19.7. The molecule has 4 heteroatoms. The highest BCUT2D eigenvalue weighted by Crippen LogP contribution is 2.13. The summed E-state index contributed by atoms with van der Waals surface area (Å²) >= 11 is 0. The third-order valence-electron chi connectivity index (χ3n) is 3.92. The van der Waals surface area contributed by atoms with Gasteiger partial charge in [-0.05, 0) is 41.5 Å². The quantitative estimate of drug-likeness (QED) is 0.426. The van der Waals surface area contributed by atoms with Gasteiger partial charge in [0.15, 0.2) is 0 Å². The first-order valence-corrected chi connectivity index (χ1v) is 9.22. The van der Waals surface area contributed by atoms with E-state index in [4.69, 9.17) is 0 Å². The number of hydrazone groups is 1. The van der Waals surface area contributed by atoms with Crippen molar-refractivity contribution in [2.75, 3.05) is 0 Å². The molecule has 0 atom stereocenters. The number of allylic oxidation sites excluding steroid dienone is 2. The molecule has 0 spiro atoms. The van der Waals surface area contributed by atoms with E-state index in [1.54, 1.807) is 36.7 Å². The maximum Gasteiger partial charge on any atom is 0.271 e. The van der Waals surface area contributed by atoms with E-state index in [9.17, 15) is 4.79 Å². The molecule has 4 nitrogen and oxygen atoms in total. The third kappa shape index (κ3) is 6.88. The first-order chi connectivity index (χ1) is 14.3. The van der Waals surface area contributed by atoms with E-state index in [2.05, 4.69) is 15.5 Å². The van der Waals surface area contributed by atoms with Crippen LogP contribution in [-0.2, 0) is 0 Å². The molecular formula is C25H21N3O. The van der Waals surface area contributed by atoms with Crippen molar-refractivity contribution < 1.29 is 4.79 Å². The normalized spacial score (nSPS) is 11.7. The van der Waals surface area contributed by atoms with Crippen molar-refractivity contribution in [2.24, 2.45) is 10.1 Å². The highest BCUT2D eigenvalue weighted by atomic mass is 16.2. The molecule has 0 heterocycles. The fourth-order valence-corrected chi connectivity index (χ4v) is 2.50. The minimum absolute atomic E-state index is 0.286. The predicted octanol–water partition coefficient (Wildman–Crippen LogP) is 5.53. The molecule has 0 bridgehead atoms. The second-order valence-electron chi connectivity index (χ2n) is 6.09. The lowest BCUT2D eigenvalue weighted by Crippen LogP contribution is -2.17. The van der Waals surface area contributed by atoms with Crippen molar-refractivity contribution in [3.8, 4) is 0 Å². The SMILES string of the molecule is O=C(N/N=C/C=C/c1ccccc1)c1cccc(N=C/C=C/c2ccccc2)c1. The van der Waals surface area contributed by atoms with Gasteiger partial charge in [0.2, 0.25) is 0 Å². The number of hydrogen-bond donors (Lipinski definition) is 1. The van der Waals surface area contributed by atoms with Gasteiger partial charge in [-0.3, -0.25) is 9.79 Å². The average Bonchev–Trinajstić information content (AvgIpc) is 2.78. The highest BCUT2D eigenvalue weighted by molar-refractivity contribution is 5.95. The minimum atomic E-state index is -0.286. The zero-order chi connectivity index (χ0) is 20.2. The molecule has 1 amide bonds. The van der Waals surface area contributed by atoms with Crippen molar-refractivity contribution in [3.05, 3.63) is 114 Å². The van der Waals surface area contributed by atoms with E-state index in [0.29, 0.717) is 11.3 Å². The second kappa shape index (κ2) is 10.9. The van der Waals surface area contributed by atoms with Gasteiger partial charge in [0.05, 0.1) is 5.69 Å². The van der Waals surface area contributed by atoms with Crippen LogP contribution in [0.3, 0.4) is 0 Å². The third-order valence-corrected chi connectivity index (χ3v) is 3.92. The number of carbonyl (C=O) groups is 1. The molecule has 3 aromatic rings. The maximum absolute atomic E-state index is 12.2. The lowest BCUT2D eigenvalue weighted by Gasteiger charge is -2.00. The van der Waals surface area contributed by atoms with Gasteiger partial charge in [-0.1, -0.05) is 78.9 Å². The van der Waals surface area contributed by atoms with Crippen molar-refractivity contribution in [1.82, 2.24) is 5.43 Å². The summed E-state index contributed by atoms with van der Waals surface area (Å²) in [5.74, 6) is -0.286. The van der Waals surface area contributed by atoms with Gasteiger partial charge in [-0.15, -0.1) is 0 Å². The summed E-state index contributed by atoms with van der Waals surface area (Å²) in [4.78, 5) is 16.6. The van der Waals surface area contributed by atoms with Gasteiger partial charge in [0.25, 0.3) is 5.91 Å². The number of carbonyl (C=O) groups excluding carboxylic acids is 1. The molecule has 0 radical (unpaired) electrons. The van der Waals surface area contributed by atoms with Crippen LogP contribution in [0.5, 0.6) is 0 Å². The van der Waals surface area contributed by atoms with E-state index in [1.165, 1.54) is 0 Å². The van der Waals surface area contributed by atoms with Crippen LogP contribution in [0.1, 0.15) is 21.5 Å². The van der Waals surface area contributed by atoms with Gasteiger partial charge in [-0.2, -0.15) is 5.10 Å². The molecule has 0 saturated carbocycles. The van der Waals surface area contributed by atoms with Crippen LogP contribution >= 0.6 is 0 Å². The Morgan fingerprint density at radius 2 is 1.34 bits per heavy atom. The summed E-state index contributed by atoms with van der Waals surface area (Å²) in [6.45, 7) is 0. The van der Waals surface area contributed by atoms with Crippen LogP contribution in [0.25, 0.3) is 12.2 Å². The topological polar surface area (TPSA) is 53.8 Å². The zero-order valence-corrected chi connectivity index (χ0v) is 15.8. The van der Waals surface area contributed by atoms with Crippen LogP contribution in [0.4, 0.5) is 5.69 Å². The fourth-order valence-electron chi connectivity index (χ4n) is 2.50. The van der Waals surface area contributed by atoms with E-state index < -0.39 is 0 Å². The fraction of sp³-hybridized carbons (Fsp3) is 0. The van der Waals surface area contributed by atoms with Crippen molar-refractivity contribution in [2.45, 2.75) is 0 Å². The average molecular weight is 379 g/mol. The van der Waals surface area contributed by atoms with Gasteiger partial charge in [-0.25, -0.2) is 5.43 Å². The number of hydrogen-bond acceptors (Lipinski definition) is 3. The molecule has 1 N–H and O–H groups in total. The monoisotopic (exact) mass is 379 g/mol. The van der Waals surface area contributed by atoms with Crippen LogP contribution in [-0.4, -0.2) is 18.3 Å². The molecule has 0 saturated heterocycles. The van der Waals surface area contributed by atoms with Gasteiger partial charge in [0, 0.05) is 18.0 Å². The molecular weight excluding hydrogens is 358 g/mol. The second-order valence-corrected chi connectivity index (χ2v) is 6.09. The van der Waals surface area contributed by atoms with Crippen molar-refractivity contribution in [1.29, 1.82) is 0 Å². The van der Waals surface area contributed by atoms with Crippen LogP contribution < -0.4 is 5.43 Å². The molecule has 0 fully saturated rings. The Hall–Kier alpha value is -4.05. The summed E-state index contributed by atoms with van der Waals surface area (Å²) in [7, 11) is 0. The lowest BCUT2D eigenvalue weighted by atomic mass is 10.2. The van der Waals surface area contributed by atoms with Crippen LogP contribution in [0.15, 0.2) is 107 Å². The molecule has 0 aliphatic rings. The standard InChI is InChI=1S/C25H21N3O/c29-25(28-27-19-9-15-22-12-5-2-6-13-22)23-16-7-17-24(20-23)26-18-8-14-21-10-3-1-4-11-21/h1-20H,(H,28,29)/b14-8+,15-9+,26-18?,27-19+. The Labute approximate surface area is 170 Å². The van der Waals surface area contributed by atoms with Crippen molar-refractivity contribution in [3.63, 3.8) is 0 Å². The summed E-state index contributed by atoms with van der Waals surface area (Å²) in [5, 5.41) is 3.94. The Morgan fingerprint density at radius 3 is 2.00 bits per heavy atom. The number of benzene rings is 3. The molecule has 0 unspecified atom stereocenters. The van der Waals surface area contributed by atoms with E-state index in [1.807, 2.05) is 85.0 Å². The van der Waals surface area contributed by atoms with Gasteiger partial charge in [0.1, 0.15) is 0 Å². The van der Waals surface area contributed by atoms with Gasteiger partial charge >= 0.3 is 0 Å². The summed E-state index contributed by atoms with van der Waals surface area (Å²) < 4.78 is 0. The number of aliphatic imine (C=N–C) groups is 1. The lowest BCUT2D eigenvalue weighted by molar-refractivity contribution is 0.0955. The number of nitrogens with one attached hydrogen (secondary N) is 1. The molecule has 29 heavy (non-hydrogen) atoms. The highest BCUT2D eigenvalue weighted by Gasteiger charge is 2.03. The smallest absolute Gasteiger partial charge is 0.267 e. The minimum Gasteiger partial charge on any atom is -0.267 e. The Bertz CT molecular complexity index is 1040. The zero-order valence-electron chi connectivity index (χ0n) is 15.8. The molecule has 0 aliphatic heterocycles. The van der Waals surface area contributed by atoms with Gasteiger partial charge < -0.3 is 0 Å². The molecule has 3 rings (SSSR count). The Balaban J connectivity index is 1.53. The molecule has 0 aliphatic carbocycles. The Kier molecular flexibility index (Phi) is 7.44. The van der Waals surface area contributed by atoms with Crippen LogP contribution in [0, 0.1) is 0 Å². The maximum atomic E-state index is 12.2. The molecule has 142 valence electrons.